The van der Waals surface area contributed by atoms with Gasteiger partial charge in [-0.3, -0.25) is 19.8 Å². The second kappa shape index (κ2) is 9.04. The molecule has 0 saturated carbocycles. The van der Waals surface area contributed by atoms with E-state index in [0.29, 0.717) is 22.2 Å². The molecule has 1 aliphatic heterocycles. The normalized spacial score (nSPS) is 15.0. The van der Waals surface area contributed by atoms with Gasteiger partial charge in [0.1, 0.15) is 5.69 Å². The summed E-state index contributed by atoms with van der Waals surface area (Å²) in [6, 6.07) is 3.56. The molecule has 0 aliphatic carbocycles. The highest BCUT2D eigenvalue weighted by molar-refractivity contribution is 7.14. The van der Waals surface area contributed by atoms with Crippen molar-refractivity contribution >= 4 is 39.6 Å². The van der Waals surface area contributed by atoms with Gasteiger partial charge in [-0.15, -0.1) is 22.7 Å². The lowest BCUT2D eigenvalue weighted by atomic mass is 10.3. The smallest absolute Gasteiger partial charge is 0.270 e. The number of amides is 2. The summed E-state index contributed by atoms with van der Waals surface area (Å²) >= 11 is 2.61. The van der Waals surface area contributed by atoms with Crippen LogP contribution in [0.2, 0.25) is 0 Å². The Hall–Kier alpha value is -1.81. The van der Waals surface area contributed by atoms with E-state index >= 15 is 0 Å². The maximum atomic E-state index is 12.1. The van der Waals surface area contributed by atoms with E-state index < -0.39 is 0 Å². The fraction of sp³-hybridized carbons (Fsp3) is 0.438. The third-order valence-corrected chi connectivity index (χ3v) is 5.37. The molecule has 2 N–H and O–H groups in total. The number of nitrogens with one attached hydrogen (secondary N) is 2. The molecular weight excluding hydrogens is 360 g/mol. The molecule has 0 radical (unpaired) electrons. The van der Waals surface area contributed by atoms with Gasteiger partial charge >= 0.3 is 0 Å². The number of carbonyl (C=O) groups excluding carboxylic acids is 2. The van der Waals surface area contributed by atoms with Crippen molar-refractivity contribution in [3.8, 4) is 0 Å². The van der Waals surface area contributed by atoms with Crippen LogP contribution < -0.4 is 10.6 Å². The molecule has 2 aromatic rings. The molecule has 0 unspecified atom stereocenters. The third-order valence-electron chi connectivity index (χ3n) is 3.74. The molecule has 1 saturated heterocycles. The van der Waals surface area contributed by atoms with Crippen LogP contribution in [0.4, 0.5) is 5.13 Å². The van der Waals surface area contributed by atoms with Crippen molar-refractivity contribution in [1.82, 2.24) is 15.2 Å². The lowest BCUT2D eigenvalue weighted by Crippen LogP contribution is -2.38. The van der Waals surface area contributed by atoms with Crippen molar-refractivity contribution in [1.29, 1.82) is 0 Å². The van der Waals surface area contributed by atoms with E-state index in [1.165, 1.54) is 22.7 Å². The average molecular weight is 380 g/mol. The van der Waals surface area contributed by atoms with E-state index in [1.54, 1.807) is 11.4 Å². The Kier molecular flexibility index (Phi) is 6.51. The molecule has 0 atom stereocenters. The quantitative estimate of drug-likeness (QED) is 0.717. The highest BCUT2D eigenvalue weighted by Gasteiger charge is 2.14. The number of ether oxygens (including phenoxy) is 1. The van der Waals surface area contributed by atoms with E-state index in [4.69, 9.17) is 4.74 Å². The van der Waals surface area contributed by atoms with Crippen LogP contribution in [0.1, 0.15) is 26.6 Å². The molecule has 9 heteroatoms. The van der Waals surface area contributed by atoms with Crippen LogP contribution in [0.5, 0.6) is 0 Å². The Balaban J connectivity index is 1.40. The maximum absolute atomic E-state index is 12.1. The average Bonchev–Trinajstić information content (AvgIpc) is 3.31. The molecule has 25 heavy (non-hydrogen) atoms. The first-order chi connectivity index (χ1) is 12.2. The second-order valence-electron chi connectivity index (χ2n) is 5.53. The van der Waals surface area contributed by atoms with Gasteiger partial charge in [-0.2, -0.15) is 0 Å². The number of anilines is 1. The Morgan fingerprint density at radius 1 is 1.24 bits per heavy atom. The monoisotopic (exact) mass is 380 g/mol. The molecular formula is C16H20N4O3S2. The van der Waals surface area contributed by atoms with Crippen molar-refractivity contribution in [3.05, 3.63) is 33.5 Å². The van der Waals surface area contributed by atoms with Crippen LogP contribution >= 0.6 is 22.7 Å². The van der Waals surface area contributed by atoms with Crippen LogP contribution in [0.15, 0.2) is 22.9 Å². The van der Waals surface area contributed by atoms with Crippen molar-refractivity contribution in [3.63, 3.8) is 0 Å². The second-order valence-corrected chi connectivity index (χ2v) is 7.34. The molecule has 1 aliphatic rings. The number of nitrogens with zero attached hydrogens (tertiary/aromatic N) is 2. The predicted molar refractivity (Wildman–Crippen MR) is 98.6 cm³/mol. The van der Waals surface area contributed by atoms with Gasteiger partial charge in [0.15, 0.2) is 5.13 Å². The van der Waals surface area contributed by atoms with Gasteiger partial charge < -0.3 is 10.1 Å². The highest BCUT2D eigenvalue weighted by Crippen LogP contribution is 2.18. The fourth-order valence-corrected chi connectivity index (χ4v) is 3.73. The Morgan fingerprint density at radius 2 is 2.08 bits per heavy atom. The molecule has 0 aromatic carbocycles. The minimum atomic E-state index is -0.213. The van der Waals surface area contributed by atoms with Crippen molar-refractivity contribution in [2.24, 2.45) is 0 Å². The zero-order valence-electron chi connectivity index (χ0n) is 13.7. The van der Waals surface area contributed by atoms with Gasteiger partial charge in [0, 0.05) is 25.0 Å². The molecule has 2 aromatic heterocycles. The van der Waals surface area contributed by atoms with Gasteiger partial charge in [0.25, 0.3) is 11.8 Å². The van der Waals surface area contributed by atoms with Crippen molar-refractivity contribution in [2.45, 2.75) is 6.42 Å². The van der Waals surface area contributed by atoms with Crippen LogP contribution in [-0.2, 0) is 4.74 Å². The van der Waals surface area contributed by atoms with Crippen LogP contribution in [0.3, 0.4) is 0 Å². The van der Waals surface area contributed by atoms with E-state index in [2.05, 4.69) is 20.5 Å². The number of aromatic nitrogens is 1. The van der Waals surface area contributed by atoms with Gasteiger partial charge in [-0.05, 0) is 24.4 Å². The van der Waals surface area contributed by atoms with Gasteiger partial charge in [-0.25, -0.2) is 4.98 Å². The lowest BCUT2D eigenvalue weighted by molar-refractivity contribution is 0.0374. The fourth-order valence-electron chi connectivity index (χ4n) is 2.42. The summed E-state index contributed by atoms with van der Waals surface area (Å²) in [5.41, 5.74) is 0.331. The van der Waals surface area contributed by atoms with Gasteiger partial charge in [-0.1, -0.05) is 6.07 Å². The maximum Gasteiger partial charge on any atom is 0.270 e. The first-order valence-electron chi connectivity index (χ1n) is 8.11. The third kappa shape index (κ3) is 5.33. The molecule has 1 fully saturated rings. The predicted octanol–water partition coefficient (Wildman–Crippen LogP) is 1.91. The summed E-state index contributed by atoms with van der Waals surface area (Å²) in [4.78, 5) is 31.2. The largest absolute Gasteiger partial charge is 0.379 e. The summed E-state index contributed by atoms with van der Waals surface area (Å²) in [5.74, 6) is -0.420. The zero-order chi connectivity index (χ0) is 17.5. The van der Waals surface area contributed by atoms with Crippen LogP contribution in [-0.4, -0.2) is 61.1 Å². The number of carbonyl (C=O) groups is 2. The highest BCUT2D eigenvalue weighted by atomic mass is 32.1. The minimum absolute atomic E-state index is 0.207. The molecule has 0 bridgehead atoms. The van der Waals surface area contributed by atoms with E-state index in [0.717, 1.165) is 39.3 Å². The number of hydrogen-bond donors (Lipinski definition) is 2. The molecule has 7 nitrogen and oxygen atoms in total. The summed E-state index contributed by atoms with van der Waals surface area (Å²) in [7, 11) is 0. The van der Waals surface area contributed by atoms with E-state index in [-0.39, 0.29) is 11.8 Å². The SMILES string of the molecule is O=C(NCCCN1CCOCC1)c1csc(NC(=O)c2cccs2)n1. The van der Waals surface area contributed by atoms with Crippen LogP contribution in [0, 0.1) is 0 Å². The Bertz CT molecular complexity index is 696. The summed E-state index contributed by atoms with van der Waals surface area (Å²) in [5, 5.41) is 9.50. The Morgan fingerprint density at radius 3 is 2.84 bits per heavy atom. The first kappa shape index (κ1) is 18.0. The summed E-state index contributed by atoms with van der Waals surface area (Å²) in [6.07, 6.45) is 0.887. The van der Waals surface area contributed by atoms with Gasteiger partial charge in [0.05, 0.1) is 18.1 Å². The first-order valence-corrected chi connectivity index (χ1v) is 9.87. The number of thiazole rings is 1. The minimum Gasteiger partial charge on any atom is -0.379 e. The van der Waals surface area contributed by atoms with E-state index in [9.17, 15) is 9.59 Å². The summed E-state index contributed by atoms with van der Waals surface area (Å²) in [6.45, 7) is 5.02. The van der Waals surface area contributed by atoms with Crippen molar-refractivity contribution in [2.75, 3.05) is 44.7 Å². The zero-order valence-corrected chi connectivity index (χ0v) is 15.3. The number of thiophene rings is 1. The number of rotatable bonds is 7. The van der Waals surface area contributed by atoms with Crippen LogP contribution in [0.25, 0.3) is 0 Å². The topological polar surface area (TPSA) is 83.6 Å². The van der Waals surface area contributed by atoms with E-state index in [1.807, 2.05) is 11.4 Å². The number of hydrogen-bond acceptors (Lipinski definition) is 7. The lowest BCUT2D eigenvalue weighted by Gasteiger charge is -2.26. The summed E-state index contributed by atoms with van der Waals surface area (Å²) < 4.78 is 5.31. The molecule has 3 rings (SSSR count). The van der Waals surface area contributed by atoms with Gasteiger partial charge in [0.2, 0.25) is 0 Å². The number of morpholine rings is 1. The molecule has 0 spiro atoms. The molecule has 3 heterocycles. The molecule has 2 amide bonds. The standard InChI is InChI=1S/C16H20N4O3S2/c21-14(17-4-2-5-20-6-8-23-9-7-20)12-11-25-16(18-12)19-15(22)13-3-1-10-24-13/h1,3,10-11H,2,4-9H2,(H,17,21)(H,18,19,22). The Labute approximate surface area is 154 Å². The van der Waals surface area contributed by atoms with Crippen molar-refractivity contribution < 1.29 is 14.3 Å². The molecule has 134 valence electrons.